The molecule has 1 heterocycles. The maximum Gasteiger partial charge on any atom is 0.245 e. The van der Waals surface area contributed by atoms with Gasteiger partial charge in [-0.15, -0.1) is 0 Å². The number of benzene rings is 1. The average Bonchev–Trinajstić information content (AvgIpc) is 2.28. The molecule has 2 rings (SSSR count). The highest BCUT2D eigenvalue weighted by molar-refractivity contribution is 9.10. The predicted molar refractivity (Wildman–Crippen MR) is 75.1 cm³/mol. The summed E-state index contributed by atoms with van der Waals surface area (Å²) in [4.78, 5) is 0.126. The minimum absolute atomic E-state index is 0.102. The van der Waals surface area contributed by atoms with Crippen molar-refractivity contribution in [1.29, 1.82) is 0 Å². The Morgan fingerprint density at radius 2 is 2.17 bits per heavy atom. The second-order valence-electron chi connectivity index (χ2n) is 4.32. The lowest BCUT2D eigenvalue weighted by Gasteiger charge is -2.30. The molecule has 0 saturated carbocycles. The normalized spacial score (nSPS) is 22.1. The number of hydrogen-bond acceptors (Lipinski definition) is 3. The molecule has 0 spiro atoms. The van der Waals surface area contributed by atoms with E-state index in [1.165, 1.54) is 4.31 Å². The fourth-order valence-corrected chi connectivity index (χ4v) is 5.26. The van der Waals surface area contributed by atoms with E-state index in [0.717, 1.165) is 12.8 Å². The molecule has 1 aliphatic heterocycles. The lowest BCUT2D eigenvalue weighted by molar-refractivity contribution is 0.316. The Kier molecular flexibility index (Phi) is 4.33. The zero-order chi connectivity index (χ0) is 13.3. The van der Waals surface area contributed by atoms with Gasteiger partial charge in [0.05, 0.1) is 5.02 Å². The first-order valence-electron chi connectivity index (χ1n) is 5.62. The molecule has 4 nitrogen and oxygen atoms in total. The van der Waals surface area contributed by atoms with Crippen LogP contribution in [0.15, 0.2) is 27.6 Å². The molecule has 18 heavy (non-hydrogen) atoms. The fraction of sp³-hybridized carbons (Fsp3) is 0.455. The Bertz CT molecular complexity index is 530. The zero-order valence-electron chi connectivity index (χ0n) is 9.64. The van der Waals surface area contributed by atoms with Gasteiger partial charge in [-0.1, -0.05) is 17.7 Å². The van der Waals surface area contributed by atoms with Crippen LogP contribution in [0.2, 0.25) is 5.02 Å². The maximum absolute atomic E-state index is 12.5. The van der Waals surface area contributed by atoms with Crippen molar-refractivity contribution in [3.8, 4) is 0 Å². The molecule has 0 radical (unpaired) electrons. The van der Waals surface area contributed by atoms with Crippen LogP contribution in [0.5, 0.6) is 0 Å². The lowest BCUT2D eigenvalue weighted by Crippen LogP contribution is -2.45. The van der Waals surface area contributed by atoms with E-state index in [1.807, 2.05) is 0 Å². The van der Waals surface area contributed by atoms with Crippen molar-refractivity contribution in [2.24, 2.45) is 5.73 Å². The third kappa shape index (κ3) is 2.72. The molecule has 1 atom stereocenters. The highest BCUT2D eigenvalue weighted by Gasteiger charge is 2.31. The molecule has 1 aromatic carbocycles. The van der Waals surface area contributed by atoms with E-state index in [1.54, 1.807) is 18.2 Å². The zero-order valence-corrected chi connectivity index (χ0v) is 12.8. The van der Waals surface area contributed by atoms with E-state index in [2.05, 4.69) is 15.9 Å². The summed E-state index contributed by atoms with van der Waals surface area (Å²) in [5, 5.41) is 0.225. The highest BCUT2D eigenvalue weighted by Crippen LogP contribution is 2.32. The molecule has 0 aromatic heterocycles. The smallest absolute Gasteiger partial charge is 0.245 e. The Morgan fingerprint density at radius 3 is 2.78 bits per heavy atom. The van der Waals surface area contributed by atoms with Gasteiger partial charge in [0.15, 0.2) is 0 Å². The van der Waals surface area contributed by atoms with E-state index >= 15 is 0 Å². The van der Waals surface area contributed by atoms with Gasteiger partial charge in [-0.25, -0.2) is 8.42 Å². The van der Waals surface area contributed by atoms with Crippen LogP contribution in [-0.4, -0.2) is 31.9 Å². The largest absolute Gasteiger partial charge is 0.327 e. The first-order valence-corrected chi connectivity index (χ1v) is 8.24. The molecule has 1 saturated heterocycles. The van der Waals surface area contributed by atoms with Crippen LogP contribution in [0.1, 0.15) is 12.8 Å². The van der Waals surface area contributed by atoms with Crippen molar-refractivity contribution in [3.05, 3.63) is 27.7 Å². The van der Waals surface area contributed by atoms with Crippen molar-refractivity contribution in [1.82, 2.24) is 4.31 Å². The van der Waals surface area contributed by atoms with Crippen molar-refractivity contribution in [2.75, 3.05) is 13.1 Å². The Hall–Kier alpha value is -0.140. The van der Waals surface area contributed by atoms with Gasteiger partial charge in [-0.2, -0.15) is 4.31 Å². The Balaban J connectivity index is 2.42. The molecular weight excluding hydrogens is 340 g/mol. The number of piperidine rings is 1. The highest BCUT2D eigenvalue weighted by atomic mass is 79.9. The summed E-state index contributed by atoms with van der Waals surface area (Å²) in [5.74, 6) is 0. The van der Waals surface area contributed by atoms with Crippen LogP contribution in [0.4, 0.5) is 0 Å². The topological polar surface area (TPSA) is 63.4 Å². The van der Waals surface area contributed by atoms with Gasteiger partial charge in [0, 0.05) is 23.6 Å². The molecule has 1 aromatic rings. The minimum Gasteiger partial charge on any atom is -0.327 e. The number of rotatable bonds is 2. The van der Waals surface area contributed by atoms with E-state index in [9.17, 15) is 8.42 Å². The maximum atomic E-state index is 12.5. The lowest BCUT2D eigenvalue weighted by atomic mass is 10.1. The molecule has 1 aliphatic rings. The van der Waals surface area contributed by atoms with Gasteiger partial charge >= 0.3 is 0 Å². The summed E-state index contributed by atoms with van der Waals surface area (Å²) < 4.78 is 27.0. The monoisotopic (exact) mass is 352 g/mol. The molecule has 0 bridgehead atoms. The van der Waals surface area contributed by atoms with Crippen LogP contribution in [0.25, 0.3) is 0 Å². The van der Waals surface area contributed by atoms with Crippen molar-refractivity contribution in [2.45, 2.75) is 23.8 Å². The predicted octanol–water partition coefficient (Wildman–Crippen LogP) is 2.21. The third-order valence-electron chi connectivity index (χ3n) is 2.94. The van der Waals surface area contributed by atoms with Gasteiger partial charge in [0.1, 0.15) is 4.90 Å². The molecule has 1 unspecified atom stereocenters. The summed E-state index contributed by atoms with van der Waals surface area (Å²) in [6, 6.07) is 4.84. The number of nitrogens with two attached hydrogens (primary N) is 1. The summed E-state index contributed by atoms with van der Waals surface area (Å²) in [7, 11) is -3.58. The van der Waals surface area contributed by atoms with Crippen LogP contribution < -0.4 is 5.73 Å². The number of halogens is 2. The second kappa shape index (κ2) is 5.46. The SMILES string of the molecule is NC1CCCN(S(=O)(=O)c2c(Cl)cccc2Br)C1. The van der Waals surface area contributed by atoms with Crippen LogP contribution in [-0.2, 0) is 10.0 Å². The quantitative estimate of drug-likeness (QED) is 0.886. The average molecular weight is 354 g/mol. The van der Waals surface area contributed by atoms with Gasteiger partial charge < -0.3 is 5.73 Å². The van der Waals surface area contributed by atoms with Crippen molar-refractivity contribution < 1.29 is 8.42 Å². The van der Waals surface area contributed by atoms with Crippen molar-refractivity contribution >= 4 is 37.6 Å². The molecule has 0 aliphatic carbocycles. The summed E-state index contributed by atoms with van der Waals surface area (Å²) >= 11 is 9.25. The van der Waals surface area contributed by atoms with Gasteiger partial charge in [0.25, 0.3) is 0 Å². The molecule has 2 N–H and O–H groups in total. The van der Waals surface area contributed by atoms with Crippen LogP contribution in [0.3, 0.4) is 0 Å². The van der Waals surface area contributed by atoms with Gasteiger partial charge in [0.2, 0.25) is 10.0 Å². The number of hydrogen-bond donors (Lipinski definition) is 1. The van der Waals surface area contributed by atoms with Crippen LogP contribution in [0, 0.1) is 0 Å². The summed E-state index contributed by atoms with van der Waals surface area (Å²) in [6.45, 7) is 0.841. The molecule has 100 valence electrons. The summed E-state index contributed by atoms with van der Waals surface area (Å²) in [5.41, 5.74) is 5.83. The molecule has 0 amide bonds. The van der Waals surface area contributed by atoms with E-state index in [4.69, 9.17) is 17.3 Å². The number of sulfonamides is 1. The molecular formula is C11H14BrClN2O2S. The number of nitrogens with zero attached hydrogens (tertiary/aromatic N) is 1. The van der Waals surface area contributed by atoms with Crippen LogP contribution >= 0.6 is 27.5 Å². The second-order valence-corrected chi connectivity index (χ2v) is 7.45. The first-order chi connectivity index (χ1) is 8.43. The fourth-order valence-electron chi connectivity index (χ4n) is 2.05. The molecule has 1 fully saturated rings. The first kappa shape index (κ1) is 14.3. The Morgan fingerprint density at radius 1 is 1.44 bits per heavy atom. The van der Waals surface area contributed by atoms with Gasteiger partial charge in [-0.3, -0.25) is 0 Å². The summed E-state index contributed by atoms with van der Waals surface area (Å²) in [6.07, 6.45) is 1.64. The van der Waals surface area contributed by atoms with Gasteiger partial charge in [-0.05, 0) is 40.9 Å². The van der Waals surface area contributed by atoms with Crippen molar-refractivity contribution in [3.63, 3.8) is 0 Å². The molecule has 7 heteroatoms. The third-order valence-corrected chi connectivity index (χ3v) is 6.25. The minimum atomic E-state index is -3.58. The standard InChI is InChI=1S/C11H14BrClN2O2S/c12-9-4-1-5-10(13)11(9)18(16,17)15-6-2-3-8(14)7-15/h1,4-5,8H,2-3,6-7,14H2. The van der Waals surface area contributed by atoms with E-state index < -0.39 is 10.0 Å². The Labute approximate surface area is 120 Å². The van der Waals surface area contributed by atoms with E-state index in [0.29, 0.717) is 17.6 Å². The van der Waals surface area contributed by atoms with E-state index in [-0.39, 0.29) is 16.0 Å².